The quantitative estimate of drug-likeness (QED) is 0.948. The van der Waals surface area contributed by atoms with Gasteiger partial charge in [0.15, 0.2) is 0 Å². The summed E-state index contributed by atoms with van der Waals surface area (Å²) < 4.78 is 13.0. The van der Waals surface area contributed by atoms with Crippen molar-refractivity contribution in [1.29, 1.82) is 0 Å². The summed E-state index contributed by atoms with van der Waals surface area (Å²) >= 11 is 0. The molecule has 0 radical (unpaired) electrons. The van der Waals surface area contributed by atoms with Crippen LogP contribution in [-0.2, 0) is 6.54 Å². The van der Waals surface area contributed by atoms with Gasteiger partial charge in [0.05, 0.1) is 0 Å². The molecule has 116 valence electrons. The van der Waals surface area contributed by atoms with Crippen molar-refractivity contribution in [3.63, 3.8) is 0 Å². The molecule has 3 rings (SSSR count). The van der Waals surface area contributed by atoms with Gasteiger partial charge in [0.25, 0.3) is 5.56 Å². The van der Waals surface area contributed by atoms with Gasteiger partial charge in [0, 0.05) is 30.8 Å². The van der Waals surface area contributed by atoms with Crippen molar-refractivity contribution < 1.29 is 4.39 Å². The Labute approximate surface area is 129 Å². The molecule has 1 aliphatic heterocycles. The minimum Gasteiger partial charge on any atom is -0.310 e. The molecule has 2 aromatic rings. The number of nitrogens with zero attached hydrogens (tertiary/aromatic N) is 2. The van der Waals surface area contributed by atoms with Gasteiger partial charge < -0.3 is 4.98 Å². The highest BCUT2D eigenvalue weighted by Gasteiger charge is 2.23. The standard InChI is InChI=1S/C17H20FN3O/c1-12-9-16(22)20-17(19-12)14-3-2-8-21(11-14)10-13-4-6-15(18)7-5-13/h4-7,9,14H,2-3,8,10-11H2,1H3,(H,19,20,22). The van der Waals surface area contributed by atoms with Gasteiger partial charge in [-0.15, -0.1) is 0 Å². The van der Waals surface area contributed by atoms with E-state index in [-0.39, 0.29) is 17.3 Å². The predicted octanol–water partition coefficient (Wildman–Crippen LogP) is 2.60. The van der Waals surface area contributed by atoms with Crippen LogP contribution in [-0.4, -0.2) is 28.0 Å². The van der Waals surface area contributed by atoms with Crippen LogP contribution in [0.1, 0.15) is 35.8 Å². The summed E-state index contributed by atoms with van der Waals surface area (Å²) in [5.74, 6) is 0.831. The normalized spacial score (nSPS) is 19.3. The van der Waals surface area contributed by atoms with Crippen molar-refractivity contribution in [3.8, 4) is 0 Å². The summed E-state index contributed by atoms with van der Waals surface area (Å²) in [4.78, 5) is 21.3. The zero-order valence-corrected chi connectivity index (χ0v) is 12.7. The fraction of sp³-hybridized carbons (Fsp3) is 0.412. The van der Waals surface area contributed by atoms with Crippen LogP contribution in [0.25, 0.3) is 0 Å². The number of aryl methyl sites for hydroxylation is 1. The van der Waals surface area contributed by atoms with E-state index in [0.29, 0.717) is 0 Å². The maximum atomic E-state index is 13.0. The monoisotopic (exact) mass is 301 g/mol. The predicted molar refractivity (Wildman–Crippen MR) is 83.2 cm³/mol. The minimum atomic E-state index is -0.207. The second kappa shape index (κ2) is 6.40. The molecule has 1 aliphatic rings. The van der Waals surface area contributed by atoms with Crippen LogP contribution in [0.3, 0.4) is 0 Å². The molecule has 1 aromatic heterocycles. The molecule has 0 spiro atoms. The van der Waals surface area contributed by atoms with Crippen LogP contribution in [0.4, 0.5) is 4.39 Å². The Balaban J connectivity index is 1.71. The molecule has 0 aliphatic carbocycles. The molecule has 1 saturated heterocycles. The zero-order valence-electron chi connectivity index (χ0n) is 12.7. The van der Waals surface area contributed by atoms with Crippen LogP contribution >= 0.6 is 0 Å². The van der Waals surface area contributed by atoms with Gasteiger partial charge in [0.2, 0.25) is 0 Å². The lowest BCUT2D eigenvalue weighted by Crippen LogP contribution is -2.35. The van der Waals surface area contributed by atoms with E-state index in [2.05, 4.69) is 14.9 Å². The number of H-pyrrole nitrogens is 1. The fourth-order valence-corrected chi connectivity index (χ4v) is 3.07. The molecule has 1 aromatic carbocycles. The minimum absolute atomic E-state index is 0.0850. The van der Waals surface area contributed by atoms with E-state index in [1.807, 2.05) is 19.1 Å². The Kier molecular flexibility index (Phi) is 4.34. The molecular formula is C17H20FN3O. The van der Waals surface area contributed by atoms with Gasteiger partial charge in [-0.2, -0.15) is 0 Å². The summed E-state index contributed by atoms with van der Waals surface area (Å²) in [6, 6.07) is 8.16. The number of aromatic amines is 1. The van der Waals surface area contributed by atoms with Crippen LogP contribution in [0.2, 0.25) is 0 Å². The molecule has 2 heterocycles. The summed E-state index contributed by atoms with van der Waals surface area (Å²) in [5, 5.41) is 0. The van der Waals surface area contributed by atoms with E-state index >= 15 is 0 Å². The van der Waals surface area contributed by atoms with Gasteiger partial charge >= 0.3 is 0 Å². The molecule has 1 N–H and O–H groups in total. The molecule has 22 heavy (non-hydrogen) atoms. The lowest BCUT2D eigenvalue weighted by Gasteiger charge is -2.32. The van der Waals surface area contributed by atoms with Crippen LogP contribution in [0, 0.1) is 12.7 Å². The van der Waals surface area contributed by atoms with Gasteiger partial charge in [-0.3, -0.25) is 9.69 Å². The highest BCUT2D eigenvalue weighted by Crippen LogP contribution is 2.25. The van der Waals surface area contributed by atoms with E-state index < -0.39 is 0 Å². The Morgan fingerprint density at radius 1 is 1.36 bits per heavy atom. The number of piperidine rings is 1. The largest absolute Gasteiger partial charge is 0.310 e. The number of halogens is 1. The van der Waals surface area contributed by atoms with Crippen molar-refractivity contribution >= 4 is 0 Å². The van der Waals surface area contributed by atoms with Crippen LogP contribution < -0.4 is 5.56 Å². The third-order valence-electron chi connectivity index (χ3n) is 4.10. The van der Waals surface area contributed by atoms with Crippen molar-refractivity contribution in [2.24, 2.45) is 0 Å². The summed E-state index contributed by atoms with van der Waals surface area (Å²) in [6.07, 6.45) is 2.11. The van der Waals surface area contributed by atoms with Crippen molar-refractivity contribution in [1.82, 2.24) is 14.9 Å². The second-order valence-electron chi connectivity index (χ2n) is 5.97. The maximum absolute atomic E-state index is 13.0. The van der Waals surface area contributed by atoms with Crippen LogP contribution in [0.5, 0.6) is 0 Å². The number of benzene rings is 1. The Hall–Kier alpha value is -2.01. The molecule has 1 atom stereocenters. The van der Waals surface area contributed by atoms with Crippen molar-refractivity contribution in [2.75, 3.05) is 13.1 Å². The van der Waals surface area contributed by atoms with Gasteiger partial charge in [-0.25, -0.2) is 9.37 Å². The summed E-state index contributed by atoms with van der Waals surface area (Å²) in [6.45, 7) is 4.53. The Bertz CT molecular complexity index is 696. The first-order valence-electron chi connectivity index (χ1n) is 7.65. The summed E-state index contributed by atoms with van der Waals surface area (Å²) in [7, 11) is 0. The average Bonchev–Trinajstić information content (AvgIpc) is 2.49. The topological polar surface area (TPSA) is 49.0 Å². The lowest BCUT2D eigenvalue weighted by molar-refractivity contribution is 0.196. The first-order valence-corrected chi connectivity index (χ1v) is 7.65. The van der Waals surface area contributed by atoms with E-state index in [4.69, 9.17) is 0 Å². The number of likely N-dealkylation sites (tertiary alicyclic amines) is 1. The first kappa shape index (κ1) is 14.9. The number of aromatic nitrogens is 2. The summed E-state index contributed by atoms with van der Waals surface area (Å²) in [5.41, 5.74) is 1.78. The first-order chi connectivity index (χ1) is 10.6. The van der Waals surface area contributed by atoms with Gasteiger partial charge in [-0.05, 0) is 44.0 Å². The van der Waals surface area contributed by atoms with Crippen LogP contribution in [0.15, 0.2) is 35.1 Å². The lowest BCUT2D eigenvalue weighted by atomic mass is 9.96. The molecule has 0 bridgehead atoms. The molecule has 0 amide bonds. The van der Waals surface area contributed by atoms with Crippen molar-refractivity contribution in [3.05, 3.63) is 63.6 Å². The van der Waals surface area contributed by atoms with Gasteiger partial charge in [-0.1, -0.05) is 12.1 Å². The van der Waals surface area contributed by atoms with E-state index in [0.717, 1.165) is 49.6 Å². The molecule has 1 unspecified atom stereocenters. The number of hydrogen-bond acceptors (Lipinski definition) is 3. The number of rotatable bonds is 3. The zero-order chi connectivity index (χ0) is 15.5. The smallest absolute Gasteiger partial charge is 0.251 e. The highest BCUT2D eigenvalue weighted by molar-refractivity contribution is 5.16. The third kappa shape index (κ3) is 3.60. The van der Waals surface area contributed by atoms with E-state index in [9.17, 15) is 9.18 Å². The molecule has 0 saturated carbocycles. The SMILES string of the molecule is Cc1cc(=O)[nH]c(C2CCCN(Cc3ccc(F)cc3)C2)n1. The average molecular weight is 301 g/mol. The Morgan fingerprint density at radius 2 is 2.14 bits per heavy atom. The number of hydrogen-bond donors (Lipinski definition) is 1. The van der Waals surface area contributed by atoms with E-state index in [1.54, 1.807) is 0 Å². The van der Waals surface area contributed by atoms with Crippen molar-refractivity contribution in [2.45, 2.75) is 32.2 Å². The molecule has 4 nitrogen and oxygen atoms in total. The number of nitrogens with one attached hydrogen (secondary N) is 1. The van der Waals surface area contributed by atoms with E-state index in [1.165, 1.54) is 18.2 Å². The maximum Gasteiger partial charge on any atom is 0.251 e. The molecular weight excluding hydrogens is 281 g/mol. The molecule has 1 fully saturated rings. The third-order valence-corrected chi connectivity index (χ3v) is 4.10. The Morgan fingerprint density at radius 3 is 2.86 bits per heavy atom. The van der Waals surface area contributed by atoms with Gasteiger partial charge in [0.1, 0.15) is 11.6 Å². The highest BCUT2D eigenvalue weighted by atomic mass is 19.1. The fourth-order valence-electron chi connectivity index (χ4n) is 3.07. The second-order valence-corrected chi connectivity index (χ2v) is 5.97. The molecule has 5 heteroatoms.